The Labute approximate surface area is 171 Å². The minimum Gasteiger partial charge on any atom is -0.468 e. The highest BCUT2D eigenvalue weighted by atomic mass is 16.3. The number of guanidine groups is 1. The van der Waals surface area contributed by atoms with Crippen LogP contribution in [0.2, 0.25) is 0 Å². The summed E-state index contributed by atoms with van der Waals surface area (Å²) in [6.45, 7) is 16.1. The number of hydrogen-bond donors (Lipinski definition) is 2. The summed E-state index contributed by atoms with van der Waals surface area (Å²) < 4.78 is 5.72. The Morgan fingerprint density at radius 3 is 2.61 bits per heavy atom. The molecule has 0 bridgehead atoms. The largest absolute Gasteiger partial charge is 0.468 e. The first-order valence-electron chi connectivity index (χ1n) is 11.2. The Hall–Kier alpha value is -1.53. The van der Waals surface area contributed by atoms with E-state index in [1.807, 2.05) is 6.07 Å². The van der Waals surface area contributed by atoms with Crippen LogP contribution >= 0.6 is 0 Å². The second kappa shape index (κ2) is 12.8. The van der Waals surface area contributed by atoms with Crippen LogP contribution in [-0.2, 0) is 0 Å². The van der Waals surface area contributed by atoms with Gasteiger partial charge in [-0.2, -0.15) is 0 Å². The topological polar surface area (TPSA) is 56.0 Å². The molecular weight excluding hydrogens is 350 g/mol. The van der Waals surface area contributed by atoms with E-state index in [1.54, 1.807) is 6.26 Å². The molecular formula is C22H41N5O. The predicted octanol–water partition coefficient (Wildman–Crippen LogP) is 3.48. The molecule has 6 nitrogen and oxygen atoms in total. The molecule has 1 aliphatic heterocycles. The van der Waals surface area contributed by atoms with E-state index in [0.717, 1.165) is 57.4 Å². The zero-order valence-corrected chi connectivity index (χ0v) is 18.4. The molecule has 0 radical (unpaired) electrons. The molecule has 0 spiro atoms. The van der Waals surface area contributed by atoms with Crippen molar-refractivity contribution in [1.29, 1.82) is 0 Å². The maximum Gasteiger partial charge on any atom is 0.191 e. The quantitative estimate of drug-likeness (QED) is 0.422. The minimum absolute atomic E-state index is 0.228. The average Bonchev–Trinajstić information content (AvgIpc) is 3.40. The maximum atomic E-state index is 5.72. The van der Waals surface area contributed by atoms with E-state index in [-0.39, 0.29) is 6.04 Å². The third-order valence-corrected chi connectivity index (χ3v) is 5.61. The van der Waals surface area contributed by atoms with Gasteiger partial charge in [0.1, 0.15) is 5.76 Å². The zero-order valence-electron chi connectivity index (χ0n) is 18.4. The van der Waals surface area contributed by atoms with Crippen molar-refractivity contribution in [3.8, 4) is 0 Å². The summed E-state index contributed by atoms with van der Waals surface area (Å²) in [7, 11) is 0. The number of aliphatic imine (C=N–C) groups is 1. The molecule has 160 valence electrons. The summed E-state index contributed by atoms with van der Waals surface area (Å²) in [6.07, 6.45) is 6.65. The molecule has 1 aromatic rings. The van der Waals surface area contributed by atoms with Crippen LogP contribution in [0.25, 0.3) is 0 Å². The highest BCUT2D eigenvalue weighted by molar-refractivity contribution is 5.80. The van der Waals surface area contributed by atoms with Gasteiger partial charge in [-0.3, -0.25) is 9.89 Å². The van der Waals surface area contributed by atoms with Crippen LogP contribution < -0.4 is 10.6 Å². The lowest BCUT2D eigenvalue weighted by molar-refractivity contribution is 0.221. The molecule has 2 rings (SSSR count). The summed E-state index contributed by atoms with van der Waals surface area (Å²) in [5.41, 5.74) is 0. The van der Waals surface area contributed by atoms with Gasteiger partial charge in [-0.1, -0.05) is 13.8 Å². The normalized spacial score (nSPS) is 17.8. The van der Waals surface area contributed by atoms with Crippen LogP contribution in [0, 0.1) is 0 Å². The molecule has 1 aliphatic rings. The fourth-order valence-corrected chi connectivity index (χ4v) is 3.88. The lowest BCUT2D eigenvalue weighted by atomic mass is 10.1. The molecule has 1 fully saturated rings. The summed E-state index contributed by atoms with van der Waals surface area (Å²) in [5.74, 6) is 1.93. The van der Waals surface area contributed by atoms with E-state index in [9.17, 15) is 0 Å². The van der Waals surface area contributed by atoms with E-state index in [1.165, 1.54) is 25.8 Å². The van der Waals surface area contributed by atoms with Crippen LogP contribution in [0.5, 0.6) is 0 Å². The highest BCUT2D eigenvalue weighted by Crippen LogP contribution is 2.25. The molecule has 2 N–H and O–H groups in total. The van der Waals surface area contributed by atoms with Gasteiger partial charge in [-0.25, -0.2) is 0 Å². The van der Waals surface area contributed by atoms with E-state index >= 15 is 0 Å². The van der Waals surface area contributed by atoms with Crippen molar-refractivity contribution in [2.75, 3.05) is 45.8 Å². The molecule has 2 unspecified atom stereocenters. The van der Waals surface area contributed by atoms with Gasteiger partial charge in [0.25, 0.3) is 0 Å². The number of furan rings is 1. The van der Waals surface area contributed by atoms with Crippen molar-refractivity contribution in [3.05, 3.63) is 24.2 Å². The second-order valence-electron chi connectivity index (χ2n) is 7.71. The fourth-order valence-electron chi connectivity index (χ4n) is 3.88. The molecule has 2 atom stereocenters. The fraction of sp³-hybridized carbons (Fsp3) is 0.773. The van der Waals surface area contributed by atoms with Crippen molar-refractivity contribution in [2.24, 2.45) is 4.99 Å². The molecule has 2 heterocycles. The summed E-state index contributed by atoms with van der Waals surface area (Å²) in [6, 6.07) is 4.69. The van der Waals surface area contributed by atoms with Crippen molar-refractivity contribution >= 4 is 5.96 Å². The Morgan fingerprint density at radius 1 is 1.25 bits per heavy atom. The number of rotatable bonds is 12. The number of nitrogens with one attached hydrogen (secondary N) is 2. The van der Waals surface area contributed by atoms with E-state index in [0.29, 0.717) is 6.04 Å². The first-order valence-corrected chi connectivity index (χ1v) is 11.2. The second-order valence-corrected chi connectivity index (χ2v) is 7.71. The molecule has 1 aromatic heterocycles. The van der Waals surface area contributed by atoms with Crippen molar-refractivity contribution in [2.45, 2.75) is 65.5 Å². The molecule has 0 amide bonds. The molecule has 0 saturated carbocycles. The lowest BCUT2D eigenvalue weighted by Gasteiger charge is -2.25. The van der Waals surface area contributed by atoms with Gasteiger partial charge in [0.15, 0.2) is 5.96 Å². The standard InChI is InChI=1S/C22H41N5O/c1-5-23-22(25-19(4)12-10-14-26(6-2)7-3)24-18-20(21-13-11-17-28-21)27-15-8-9-16-27/h11,13,17,19-20H,5-10,12,14-16,18H2,1-4H3,(H2,23,24,25). The molecule has 0 aliphatic carbocycles. The smallest absolute Gasteiger partial charge is 0.191 e. The highest BCUT2D eigenvalue weighted by Gasteiger charge is 2.25. The monoisotopic (exact) mass is 391 g/mol. The van der Waals surface area contributed by atoms with Gasteiger partial charge < -0.3 is 20.0 Å². The van der Waals surface area contributed by atoms with E-state index in [2.05, 4.69) is 54.2 Å². The van der Waals surface area contributed by atoms with Gasteiger partial charge in [0.2, 0.25) is 0 Å². The van der Waals surface area contributed by atoms with Crippen LogP contribution in [-0.4, -0.2) is 67.6 Å². The van der Waals surface area contributed by atoms with Crippen LogP contribution in [0.1, 0.15) is 65.2 Å². The molecule has 6 heteroatoms. The SMILES string of the molecule is CCNC(=NCC(c1ccco1)N1CCCC1)NC(C)CCCN(CC)CC. The van der Waals surface area contributed by atoms with Gasteiger partial charge in [0.05, 0.1) is 18.8 Å². The first-order chi connectivity index (χ1) is 13.7. The van der Waals surface area contributed by atoms with Crippen LogP contribution in [0.4, 0.5) is 0 Å². The maximum absolute atomic E-state index is 5.72. The van der Waals surface area contributed by atoms with Crippen LogP contribution in [0.3, 0.4) is 0 Å². The Bertz CT molecular complexity index is 535. The first kappa shape index (κ1) is 22.8. The van der Waals surface area contributed by atoms with Crippen molar-refractivity contribution in [1.82, 2.24) is 20.4 Å². The Kier molecular flexibility index (Phi) is 10.4. The molecule has 1 saturated heterocycles. The molecule has 28 heavy (non-hydrogen) atoms. The third-order valence-electron chi connectivity index (χ3n) is 5.61. The van der Waals surface area contributed by atoms with Crippen molar-refractivity contribution < 1.29 is 4.42 Å². The average molecular weight is 392 g/mol. The number of likely N-dealkylation sites (tertiary alicyclic amines) is 1. The summed E-state index contributed by atoms with van der Waals surface area (Å²) >= 11 is 0. The van der Waals surface area contributed by atoms with Gasteiger partial charge in [-0.15, -0.1) is 0 Å². The van der Waals surface area contributed by atoms with Gasteiger partial charge >= 0.3 is 0 Å². The molecule has 0 aromatic carbocycles. The van der Waals surface area contributed by atoms with Crippen LogP contribution in [0.15, 0.2) is 27.8 Å². The summed E-state index contributed by atoms with van der Waals surface area (Å²) in [4.78, 5) is 9.89. The zero-order chi connectivity index (χ0) is 20.2. The Morgan fingerprint density at radius 2 is 2.00 bits per heavy atom. The minimum atomic E-state index is 0.228. The number of hydrogen-bond acceptors (Lipinski definition) is 4. The predicted molar refractivity (Wildman–Crippen MR) is 118 cm³/mol. The van der Waals surface area contributed by atoms with Gasteiger partial charge in [0, 0.05) is 12.6 Å². The Balaban J connectivity index is 1.90. The van der Waals surface area contributed by atoms with Gasteiger partial charge in [-0.05, 0) is 84.4 Å². The van der Waals surface area contributed by atoms with E-state index in [4.69, 9.17) is 9.41 Å². The third kappa shape index (κ3) is 7.47. The van der Waals surface area contributed by atoms with Crippen molar-refractivity contribution in [3.63, 3.8) is 0 Å². The number of nitrogens with zero attached hydrogens (tertiary/aromatic N) is 3. The van der Waals surface area contributed by atoms with E-state index < -0.39 is 0 Å². The lowest BCUT2D eigenvalue weighted by Crippen LogP contribution is -2.43. The summed E-state index contributed by atoms with van der Waals surface area (Å²) in [5, 5.41) is 7.00.